The van der Waals surface area contributed by atoms with Gasteiger partial charge in [0.25, 0.3) is 5.91 Å². The molecule has 2 aromatic rings. The van der Waals surface area contributed by atoms with Crippen LogP contribution in [0.4, 0.5) is 0 Å². The van der Waals surface area contributed by atoms with Crippen LogP contribution < -0.4 is 20.3 Å². The molecule has 0 aliphatic carbocycles. The first-order valence-corrected chi connectivity index (χ1v) is 10.8. The summed E-state index contributed by atoms with van der Waals surface area (Å²) in [7, 11) is 1.52. The molecule has 6 nitrogen and oxygen atoms in total. The third-order valence-electron chi connectivity index (χ3n) is 3.95. The van der Waals surface area contributed by atoms with Crippen LogP contribution in [0.5, 0.6) is 11.5 Å². The molecule has 0 aromatic heterocycles. The average molecular weight is 437 g/mol. The number of unbranched alkanes of at least 4 members (excludes halogenated alkanes) is 1. The van der Waals surface area contributed by atoms with E-state index in [1.165, 1.54) is 18.9 Å². The van der Waals surface area contributed by atoms with Crippen molar-refractivity contribution >= 4 is 35.2 Å². The van der Waals surface area contributed by atoms with Gasteiger partial charge >= 0.3 is 0 Å². The van der Waals surface area contributed by atoms with Crippen molar-refractivity contribution in [1.82, 2.24) is 10.9 Å². The van der Waals surface area contributed by atoms with Gasteiger partial charge in [-0.25, -0.2) is 0 Å². The Hall–Kier alpha value is -2.38. The first-order chi connectivity index (χ1) is 14.0. The molecular weight excluding hydrogens is 412 g/mol. The minimum atomic E-state index is -0.437. The summed E-state index contributed by atoms with van der Waals surface area (Å²) in [5, 5.41) is 0.671. The zero-order valence-electron chi connectivity index (χ0n) is 16.5. The van der Waals surface area contributed by atoms with Crippen LogP contribution in [0, 0.1) is 0 Å². The Labute approximate surface area is 180 Å². The lowest BCUT2D eigenvalue weighted by Crippen LogP contribution is -2.42. The minimum Gasteiger partial charge on any atom is -0.493 e. The van der Waals surface area contributed by atoms with Crippen LogP contribution in [-0.4, -0.2) is 31.3 Å². The topological polar surface area (TPSA) is 76.7 Å². The Balaban J connectivity index is 1.80. The standard InChI is InChI=1S/C21H25ClN2O4S/c1-3-4-11-28-18-10-9-15(12-19(18)27-2)21(26)24-23-20(25)14-29-13-16-7-5-6-8-17(16)22/h5-10,12H,3-4,11,13-14H2,1-2H3,(H,23,25)(H,24,26). The highest BCUT2D eigenvalue weighted by molar-refractivity contribution is 7.99. The van der Waals surface area contributed by atoms with Crippen LogP contribution in [0.1, 0.15) is 35.7 Å². The summed E-state index contributed by atoms with van der Waals surface area (Å²) in [5.74, 6) is 1.11. The SMILES string of the molecule is CCCCOc1ccc(C(=O)NNC(=O)CSCc2ccccc2Cl)cc1OC. The Morgan fingerprint density at radius 1 is 1.10 bits per heavy atom. The highest BCUT2D eigenvalue weighted by Gasteiger charge is 2.12. The third-order valence-corrected chi connectivity index (χ3v) is 5.30. The number of methoxy groups -OCH3 is 1. The van der Waals surface area contributed by atoms with E-state index in [4.69, 9.17) is 21.1 Å². The lowest BCUT2D eigenvalue weighted by molar-refractivity contribution is -0.119. The maximum atomic E-state index is 12.3. The molecule has 2 N–H and O–H groups in total. The van der Waals surface area contributed by atoms with Gasteiger partial charge in [-0.1, -0.05) is 43.1 Å². The highest BCUT2D eigenvalue weighted by atomic mass is 35.5. The number of carbonyl (C=O) groups is 2. The third kappa shape index (κ3) is 7.51. The molecule has 2 amide bonds. The minimum absolute atomic E-state index is 0.193. The summed E-state index contributed by atoms with van der Waals surface area (Å²) in [6.07, 6.45) is 1.96. The number of halogens is 1. The van der Waals surface area contributed by atoms with E-state index in [9.17, 15) is 9.59 Å². The van der Waals surface area contributed by atoms with Crippen molar-refractivity contribution in [3.63, 3.8) is 0 Å². The normalized spacial score (nSPS) is 10.3. The number of nitrogens with one attached hydrogen (secondary N) is 2. The largest absolute Gasteiger partial charge is 0.493 e. The molecule has 2 aromatic carbocycles. The van der Waals surface area contributed by atoms with E-state index in [1.807, 2.05) is 24.3 Å². The second-order valence-corrected chi connectivity index (χ2v) is 7.55. The number of hydrogen-bond donors (Lipinski definition) is 2. The van der Waals surface area contributed by atoms with E-state index in [2.05, 4.69) is 17.8 Å². The van der Waals surface area contributed by atoms with Crippen molar-refractivity contribution in [3.05, 3.63) is 58.6 Å². The first-order valence-electron chi connectivity index (χ1n) is 9.26. The molecule has 0 atom stereocenters. The van der Waals surface area contributed by atoms with Gasteiger partial charge in [-0.05, 0) is 36.2 Å². The average Bonchev–Trinajstić information content (AvgIpc) is 2.73. The number of carbonyl (C=O) groups excluding carboxylic acids is 2. The molecule has 2 rings (SSSR count). The van der Waals surface area contributed by atoms with E-state index < -0.39 is 5.91 Å². The molecule has 0 saturated carbocycles. The summed E-state index contributed by atoms with van der Waals surface area (Å²) in [5.41, 5.74) is 6.14. The molecule has 0 aliphatic rings. The van der Waals surface area contributed by atoms with Gasteiger partial charge in [0.15, 0.2) is 11.5 Å². The number of thioether (sulfide) groups is 1. The van der Waals surface area contributed by atoms with Crippen LogP contribution in [-0.2, 0) is 10.5 Å². The highest BCUT2D eigenvalue weighted by Crippen LogP contribution is 2.28. The van der Waals surface area contributed by atoms with Gasteiger partial charge in [0, 0.05) is 16.3 Å². The maximum absolute atomic E-state index is 12.3. The smallest absolute Gasteiger partial charge is 0.269 e. The predicted octanol–water partition coefficient (Wildman–Crippen LogP) is 4.22. The molecule has 8 heteroatoms. The first kappa shape index (κ1) is 22.9. The quantitative estimate of drug-likeness (QED) is 0.430. The van der Waals surface area contributed by atoms with Gasteiger partial charge in [0.05, 0.1) is 19.5 Å². The van der Waals surface area contributed by atoms with Crippen molar-refractivity contribution in [2.24, 2.45) is 0 Å². The zero-order valence-corrected chi connectivity index (χ0v) is 18.1. The molecule has 0 radical (unpaired) electrons. The molecule has 0 bridgehead atoms. The number of benzene rings is 2. The van der Waals surface area contributed by atoms with E-state index in [1.54, 1.807) is 18.2 Å². The van der Waals surface area contributed by atoms with Crippen molar-refractivity contribution in [2.75, 3.05) is 19.5 Å². The fourth-order valence-corrected chi connectivity index (χ4v) is 3.47. The molecule has 156 valence electrons. The van der Waals surface area contributed by atoms with Crippen molar-refractivity contribution in [3.8, 4) is 11.5 Å². The van der Waals surface area contributed by atoms with Gasteiger partial charge in [0.2, 0.25) is 5.91 Å². The van der Waals surface area contributed by atoms with Gasteiger partial charge in [0.1, 0.15) is 0 Å². The van der Waals surface area contributed by atoms with Crippen molar-refractivity contribution in [2.45, 2.75) is 25.5 Å². The van der Waals surface area contributed by atoms with Crippen LogP contribution in [0.3, 0.4) is 0 Å². The molecule has 0 heterocycles. The number of hydrazine groups is 1. The predicted molar refractivity (Wildman–Crippen MR) is 117 cm³/mol. The molecule has 0 unspecified atom stereocenters. The van der Waals surface area contributed by atoms with Gasteiger partial charge in [-0.15, -0.1) is 11.8 Å². The lowest BCUT2D eigenvalue weighted by atomic mass is 10.2. The van der Waals surface area contributed by atoms with Crippen molar-refractivity contribution < 1.29 is 19.1 Å². The second kappa shape index (κ2) is 12.2. The fourth-order valence-electron chi connectivity index (χ4n) is 2.36. The Morgan fingerprint density at radius 3 is 2.62 bits per heavy atom. The van der Waals surface area contributed by atoms with E-state index in [0.29, 0.717) is 34.4 Å². The lowest BCUT2D eigenvalue weighted by Gasteiger charge is -2.12. The summed E-state index contributed by atoms with van der Waals surface area (Å²) >= 11 is 7.50. The summed E-state index contributed by atoms with van der Waals surface area (Å²) < 4.78 is 10.9. The number of ether oxygens (including phenoxy) is 2. The summed E-state index contributed by atoms with van der Waals surface area (Å²) in [6.45, 7) is 2.66. The van der Waals surface area contributed by atoms with E-state index in [0.717, 1.165) is 18.4 Å². The molecule has 0 saturated heterocycles. The molecule has 0 spiro atoms. The van der Waals surface area contributed by atoms with E-state index in [-0.39, 0.29) is 11.7 Å². The number of rotatable bonds is 10. The molecular formula is C21H25ClN2O4S. The van der Waals surface area contributed by atoms with Crippen LogP contribution in [0.15, 0.2) is 42.5 Å². The monoisotopic (exact) mass is 436 g/mol. The number of hydrogen-bond acceptors (Lipinski definition) is 5. The van der Waals surface area contributed by atoms with Crippen LogP contribution in [0.25, 0.3) is 0 Å². The maximum Gasteiger partial charge on any atom is 0.269 e. The van der Waals surface area contributed by atoms with Gasteiger partial charge < -0.3 is 9.47 Å². The van der Waals surface area contributed by atoms with Crippen molar-refractivity contribution in [1.29, 1.82) is 0 Å². The Bertz CT molecular complexity index is 832. The van der Waals surface area contributed by atoms with Crippen LogP contribution in [0.2, 0.25) is 5.02 Å². The van der Waals surface area contributed by atoms with Gasteiger partial charge in [-0.2, -0.15) is 0 Å². The summed E-state index contributed by atoms with van der Waals surface area (Å²) in [6, 6.07) is 12.4. The second-order valence-electron chi connectivity index (χ2n) is 6.15. The van der Waals surface area contributed by atoms with Gasteiger partial charge in [-0.3, -0.25) is 20.4 Å². The molecule has 29 heavy (non-hydrogen) atoms. The molecule has 0 aliphatic heterocycles. The van der Waals surface area contributed by atoms with Crippen LogP contribution >= 0.6 is 23.4 Å². The Kier molecular flexibility index (Phi) is 9.67. The fraction of sp³-hybridized carbons (Fsp3) is 0.333. The zero-order chi connectivity index (χ0) is 21.1. The number of amides is 2. The Morgan fingerprint density at radius 2 is 1.90 bits per heavy atom. The van der Waals surface area contributed by atoms with E-state index >= 15 is 0 Å². The molecule has 0 fully saturated rings. The summed E-state index contributed by atoms with van der Waals surface area (Å²) in [4.78, 5) is 24.2.